The number of nitrogens with two attached hydrogens (primary N) is 1. The van der Waals surface area contributed by atoms with E-state index in [4.69, 9.17) is 24.3 Å². The van der Waals surface area contributed by atoms with Crippen molar-refractivity contribution in [1.29, 1.82) is 0 Å². The second-order valence-corrected chi connectivity index (χ2v) is 15.3. The van der Waals surface area contributed by atoms with Crippen LogP contribution in [0.15, 0.2) is 79.0 Å². The Hall–Kier alpha value is -3.51. The molecular formula is C40H59N4O8P. The number of hydrogen-bond acceptors (Lipinski definition) is 10. The lowest BCUT2D eigenvalue weighted by Crippen LogP contribution is -2.37. The van der Waals surface area contributed by atoms with Gasteiger partial charge in [0.25, 0.3) is 0 Å². The summed E-state index contributed by atoms with van der Waals surface area (Å²) in [7, 11) is -4.22. The number of anilines is 1. The van der Waals surface area contributed by atoms with Gasteiger partial charge in [-0.1, -0.05) is 94.4 Å². The number of allylic oxidation sites excluding steroid dienone is 4. The largest absolute Gasteiger partial charge is 0.465 e. The minimum Gasteiger partial charge on any atom is -0.465 e. The van der Waals surface area contributed by atoms with Crippen molar-refractivity contribution in [2.75, 3.05) is 18.9 Å². The monoisotopic (exact) mass is 754 g/mol. The number of esters is 1. The SMILES string of the molecule is CCCCCC/C=C\C/C=C\CCCCCCCCOC(=O)[C@H](C)NP(=O)(OC[C@H]1O[C@@H](c2ccc3c(N)ccnn23)[C@H](O)[C@@H]1O)Oc1ccccc1. The molecule has 4 rings (SSSR count). The first-order valence-electron chi connectivity index (χ1n) is 19.2. The van der Waals surface area contributed by atoms with Crippen molar-refractivity contribution >= 4 is 24.9 Å². The molecule has 13 heteroatoms. The molecule has 12 nitrogen and oxygen atoms in total. The van der Waals surface area contributed by atoms with Gasteiger partial charge in [-0.2, -0.15) is 10.2 Å². The van der Waals surface area contributed by atoms with Crippen LogP contribution in [0.4, 0.5) is 5.69 Å². The standard InChI is InChI=1S/C40H59N4O8P/c1-3-4-5-6-7-8-9-10-11-12-13-14-15-16-17-18-22-29-49-40(47)31(2)43-53(48,52-32-23-20-19-21-24-32)50-30-36-37(45)38(46)39(51-36)35-26-25-34-33(41)27-28-42-44(34)35/h8-9,11-12,19-21,23-28,31,36-39,45-46H,3-7,10,13-18,22,29-30,41H2,1-2H3,(H,43,48)/b9-8-,12-11-/t31-,36+,37+,38+,39-,53?/m0/s1. The van der Waals surface area contributed by atoms with Crippen LogP contribution in [-0.4, -0.2) is 63.4 Å². The van der Waals surface area contributed by atoms with E-state index in [1.165, 1.54) is 62.6 Å². The number of ether oxygens (including phenoxy) is 2. The molecule has 3 aromatic rings. The number of aliphatic hydroxyl groups is 2. The van der Waals surface area contributed by atoms with Gasteiger partial charge < -0.3 is 29.9 Å². The summed E-state index contributed by atoms with van der Waals surface area (Å²) >= 11 is 0. The van der Waals surface area contributed by atoms with Gasteiger partial charge >= 0.3 is 13.7 Å². The number of para-hydroxylation sites is 1. The first kappa shape index (κ1) is 42.2. The summed E-state index contributed by atoms with van der Waals surface area (Å²) in [5, 5.41) is 28.7. The maximum absolute atomic E-state index is 14.0. The maximum Gasteiger partial charge on any atom is 0.459 e. The van der Waals surface area contributed by atoms with Crippen LogP contribution in [0.5, 0.6) is 5.75 Å². The quantitative estimate of drug-likeness (QED) is 0.0286. The van der Waals surface area contributed by atoms with Crippen molar-refractivity contribution in [1.82, 2.24) is 14.7 Å². The molecule has 0 saturated carbocycles. The minimum absolute atomic E-state index is 0.245. The summed E-state index contributed by atoms with van der Waals surface area (Å²) in [6, 6.07) is 12.5. The molecule has 1 aliphatic rings. The molecule has 53 heavy (non-hydrogen) atoms. The van der Waals surface area contributed by atoms with Crippen molar-refractivity contribution < 1.29 is 38.1 Å². The van der Waals surface area contributed by atoms with Crippen LogP contribution in [0, 0.1) is 0 Å². The number of aromatic nitrogens is 2. The van der Waals surface area contributed by atoms with Crippen molar-refractivity contribution in [3.8, 4) is 5.75 Å². The van der Waals surface area contributed by atoms with E-state index in [2.05, 4.69) is 41.4 Å². The van der Waals surface area contributed by atoms with E-state index in [1.54, 1.807) is 48.5 Å². The Bertz CT molecular complexity index is 1620. The van der Waals surface area contributed by atoms with Crippen LogP contribution in [0.2, 0.25) is 0 Å². The molecule has 5 N–H and O–H groups in total. The number of nitrogen functional groups attached to an aromatic ring is 1. The molecule has 1 unspecified atom stereocenters. The summed E-state index contributed by atoms with van der Waals surface area (Å²) in [6.07, 6.45) is 20.6. The summed E-state index contributed by atoms with van der Waals surface area (Å²) in [4.78, 5) is 12.9. The number of carbonyl (C=O) groups is 1. The van der Waals surface area contributed by atoms with Gasteiger partial charge in [0.05, 0.1) is 30.1 Å². The van der Waals surface area contributed by atoms with Crippen molar-refractivity contribution in [3.05, 3.63) is 84.7 Å². The van der Waals surface area contributed by atoms with E-state index in [0.29, 0.717) is 16.9 Å². The number of carbonyl (C=O) groups excluding carboxylic acids is 1. The van der Waals surface area contributed by atoms with Crippen LogP contribution < -0.4 is 15.3 Å². The highest BCUT2D eigenvalue weighted by Gasteiger charge is 2.46. The van der Waals surface area contributed by atoms with Gasteiger partial charge in [0, 0.05) is 6.20 Å². The van der Waals surface area contributed by atoms with Gasteiger partial charge in [0.15, 0.2) is 0 Å². The summed E-state index contributed by atoms with van der Waals surface area (Å²) < 4.78 is 38.5. The van der Waals surface area contributed by atoms with Crippen LogP contribution in [0.3, 0.4) is 0 Å². The number of nitrogens with zero attached hydrogens (tertiary/aromatic N) is 2. The molecule has 2 aromatic heterocycles. The van der Waals surface area contributed by atoms with Gasteiger partial charge in [-0.05, 0) is 75.8 Å². The van der Waals surface area contributed by atoms with Crippen LogP contribution in [0.1, 0.15) is 109 Å². The highest BCUT2D eigenvalue weighted by molar-refractivity contribution is 7.52. The van der Waals surface area contributed by atoms with Gasteiger partial charge in [-0.3, -0.25) is 9.32 Å². The summed E-state index contributed by atoms with van der Waals surface area (Å²) in [5.41, 5.74) is 7.65. The summed E-state index contributed by atoms with van der Waals surface area (Å²) in [6.45, 7) is 3.59. The highest BCUT2D eigenvalue weighted by atomic mass is 31.2. The van der Waals surface area contributed by atoms with Crippen molar-refractivity contribution in [2.24, 2.45) is 0 Å². The zero-order valence-electron chi connectivity index (χ0n) is 31.3. The third-order valence-corrected chi connectivity index (χ3v) is 10.8. The predicted octanol–water partition coefficient (Wildman–Crippen LogP) is 8.01. The lowest BCUT2D eigenvalue weighted by molar-refractivity contribution is -0.145. The fourth-order valence-corrected chi connectivity index (χ4v) is 7.64. The molecule has 3 heterocycles. The zero-order valence-corrected chi connectivity index (χ0v) is 32.2. The lowest BCUT2D eigenvalue weighted by atomic mass is 10.1. The molecule has 1 saturated heterocycles. The first-order valence-corrected chi connectivity index (χ1v) is 20.7. The molecule has 0 amide bonds. The van der Waals surface area contributed by atoms with Gasteiger partial charge in [0.1, 0.15) is 36.2 Å². The first-order chi connectivity index (χ1) is 25.7. The van der Waals surface area contributed by atoms with E-state index < -0.39 is 50.8 Å². The Morgan fingerprint density at radius 2 is 1.62 bits per heavy atom. The topological polar surface area (TPSA) is 167 Å². The van der Waals surface area contributed by atoms with Crippen LogP contribution in [-0.2, 0) is 23.4 Å². The van der Waals surface area contributed by atoms with Crippen LogP contribution in [0.25, 0.3) is 5.52 Å². The second-order valence-electron chi connectivity index (χ2n) is 13.6. The van der Waals surface area contributed by atoms with Gasteiger partial charge in [-0.15, -0.1) is 0 Å². The smallest absolute Gasteiger partial charge is 0.459 e. The van der Waals surface area contributed by atoms with Crippen molar-refractivity contribution in [3.63, 3.8) is 0 Å². The minimum atomic E-state index is -4.22. The molecule has 0 spiro atoms. The predicted molar refractivity (Wildman–Crippen MR) is 207 cm³/mol. The van der Waals surface area contributed by atoms with Gasteiger partial charge in [0.2, 0.25) is 0 Å². The molecule has 1 aliphatic heterocycles. The van der Waals surface area contributed by atoms with Crippen molar-refractivity contribution in [2.45, 2.75) is 128 Å². The number of nitrogens with one attached hydrogen (secondary N) is 1. The average Bonchev–Trinajstić information content (AvgIpc) is 3.71. The number of benzene rings is 1. The average molecular weight is 755 g/mol. The van der Waals surface area contributed by atoms with E-state index in [-0.39, 0.29) is 12.4 Å². The fourth-order valence-electron chi connectivity index (χ4n) is 6.14. The van der Waals surface area contributed by atoms with E-state index in [0.717, 1.165) is 38.5 Å². The number of hydrogen-bond donors (Lipinski definition) is 4. The number of unbranched alkanes of at least 4 members (excludes halogenated alkanes) is 10. The number of aliphatic hydroxyl groups excluding tert-OH is 2. The molecular weight excluding hydrogens is 695 g/mol. The third kappa shape index (κ3) is 13.7. The molecule has 6 atom stereocenters. The van der Waals surface area contributed by atoms with E-state index in [9.17, 15) is 19.6 Å². The maximum atomic E-state index is 14.0. The van der Waals surface area contributed by atoms with Crippen LogP contribution >= 0.6 is 7.75 Å². The molecule has 0 bridgehead atoms. The van der Waals surface area contributed by atoms with E-state index in [1.807, 2.05) is 0 Å². The van der Waals surface area contributed by atoms with E-state index >= 15 is 0 Å². The Labute approximate surface area is 314 Å². The lowest BCUT2D eigenvalue weighted by Gasteiger charge is -2.24. The molecule has 1 fully saturated rings. The molecule has 1 aromatic carbocycles. The second kappa shape index (κ2) is 22.6. The molecule has 292 valence electrons. The molecule has 0 aliphatic carbocycles. The fraction of sp³-hybridized carbons (Fsp3) is 0.550. The third-order valence-electron chi connectivity index (χ3n) is 9.19. The number of fused-ring (bicyclic) bond motifs is 1. The Morgan fingerprint density at radius 1 is 0.943 bits per heavy atom. The Morgan fingerprint density at radius 3 is 2.34 bits per heavy atom. The Kier molecular flexibility index (Phi) is 18.0. The number of rotatable bonds is 25. The summed E-state index contributed by atoms with van der Waals surface area (Å²) in [5.74, 6) is -0.349. The van der Waals surface area contributed by atoms with Gasteiger partial charge in [-0.25, -0.2) is 9.08 Å². The normalized spacial score (nSPS) is 20.7. The Balaban J connectivity index is 1.16. The molecule has 0 radical (unpaired) electrons. The zero-order chi connectivity index (χ0) is 37.9. The highest BCUT2D eigenvalue weighted by Crippen LogP contribution is 2.46.